The van der Waals surface area contributed by atoms with Gasteiger partial charge in [0.2, 0.25) is 0 Å². The van der Waals surface area contributed by atoms with Crippen molar-refractivity contribution in [3.05, 3.63) is 29.8 Å². The summed E-state index contributed by atoms with van der Waals surface area (Å²) in [6.07, 6.45) is 0.188. The summed E-state index contributed by atoms with van der Waals surface area (Å²) in [4.78, 5) is 28.2. The molecule has 0 aliphatic carbocycles. The molecule has 0 radical (unpaired) electrons. The van der Waals surface area contributed by atoms with Gasteiger partial charge in [0.25, 0.3) is 5.91 Å². The number of ether oxygens (including phenoxy) is 3. The lowest BCUT2D eigenvalue weighted by Gasteiger charge is -2.30. The standard InChI is InChI=1S/C20H30N2O5/c1-3-26-20(24)8-9-22(11-10-21-12-14-25-15-13-21)19(23)16-27-18-6-4-17(2)5-7-18/h4-7H,3,8-16H2,1-2H3. The fraction of sp³-hybridized carbons (Fsp3) is 0.600. The van der Waals surface area contributed by atoms with Crippen LogP contribution in [0.4, 0.5) is 0 Å². The van der Waals surface area contributed by atoms with Gasteiger partial charge in [-0.3, -0.25) is 14.5 Å². The van der Waals surface area contributed by atoms with Gasteiger partial charge >= 0.3 is 5.97 Å². The molecular weight excluding hydrogens is 348 g/mol. The Morgan fingerprint density at radius 3 is 2.52 bits per heavy atom. The molecule has 0 bridgehead atoms. The average molecular weight is 378 g/mol. The van der Waals surface area contributed by atoms with Crippen LogP contribution < -0.4 is 4.74 Å². The monoisotopic (exact) mass is 378 g/mol. The van der Waals surface area contributed by atoms with Crippen LogP contribution in [-0.2, 0) is 19.1 Å². The summed E-state index contributed by atoms with van der Waals surface area (Å²) in [5, 5.41) is 0. The normalized spacial score (nSPS) is 14.6. The number of rotatable bonds is 10. The highest BCUT2D eigenvalue weighted by Crippen LogP contribution is 2.11. The second kappa shape index (κ2) is 11.6. The SMILES string of the molecule is CCOC(=O)CCN(CCN1CCOCC1)C(=O)COc1ccc(C)cc1. The Morgan fingerprint density at radius 1 is 1.15 bits per heavy atom. The van der Waals surface area contributed by atoms with Crippen LogP contribution in [0, 0.1) is 6.92 Å². The van der Waals surface area contributed by atoms with Crippen molar-refractivity contribution in [2.75, 3.05) is 59.2 Å². The molecule has 0 aromatic heterocycles. The van der Waals surface area contributed by atoms with Gasteiger partial charge in [-0.05, 0) is 26.0 Å². The smallest absolute Gasteiger partial charge is 0.307 e. The minimum atomic E-state index is -0.291. The highest BCUT2D eigenvalue weighted by molar-refractivity contribution is 5.78. The van der Waals surface area contributed by atoms with Crippen LogP contribution in [0.25, 0.3) is 0 Å². The lowest BCUT2D eigenvalue weighted by Crippen LogP contribution is -2.44. The van der Waals surface area contributed by atoms with Crippen molar-refractivity contribution in [2.24, 2.45) is 0 Å². The molecule has 0 spiro atoms. The highest BCUT2D eigenvalue weighted by atomic mass is 16.5. The lowest BCUT2D eigenvalue weighted by molar-refractivity contribution is -0.144. The second-order valence-corrected chi connectivity index (χ2v) is 6.49. The maximum absolute atomic E-state index is 12.6. The molecule has 1 saturated heterocycles. The molecule has 1 aliphatic heterocycles. The first-order chi connectivity index (χ1) is 13.1. The Bertz CT molecular complexity index is 585. The summed E-state index contributed by atoms with van der Waals surface area (Å²) >= 11 is 0. The summed E-state index contributed by atoms with van der Waals surface area (Å²) in [5.41, 5.74) is 1.13. The third kappa shape index (κ3) is 7.97. The topological polar surface area (TPSA) is 68.3 Å². The molecule has 0 saturated carbocycles. The third-order valence-corrected chi connectivity index (χ3v) is 4.42. The van der Waals surface area contributed by atoms with Gasteiger partial charge in [-0.2, -0.15) is 0 Å². The van der Waals surface area contributed by atoms with Gasteiger partial charge in [-0.15, -0.1) is 0 Å². The zero-order valence-corrected chi connectivity index (χ0v) is 16.3. The van der Waals surface area contributed by atoms with Crippen LogP contribution in [0.15, 0.2) is 24.3 Å². The first kappa shape index (κ1) is 21.2. The van der Waals surface area contributed by atoms with Crippen LogP contribution in [0.2, 0.25) is 0 Å². The molecule has 7 nitrogen and oxygen atoms in total. The molecule has 1 aromatic carbocycles. The number of hydrogen-bond acceptors (Lipinski definition) is 6. The number of amides is 1. The molecule has 0 atom stereocenters. The third-order valence-electron chi connectivity index (χ3n) is 4.42. The lowest BCUT2D eigenvalue weighted by atomic mass is 10.2. The van der Waals surface area contributed by atoms with E-state index in [1.165, 1.54) is 0 Å². The van der Waals surface area contributed by atoms with E-state index >= 15 is 0 Å². The fourth-order valence-electron chi connectivity index (χ4n) is 2.78. The number of aryl methyl sites for hydroxylation is 1. The van der Waals surface area contributed by atoms with Gasteiger partial charge in [-0.25, -0.2) is 0 Å². The van der Waals surface area contributed by atoms with E-state index in [-0.39, 0.29) is 24.9 Å². The zero-order chi connectivity index (χ0) is 19.5. The predicted molar refractivity (Wildman–Crippen MR) is 102 cm³/mol. The summed E-state index contributed by atoms with van der Waals surface area (Å²) in [7, 11) is 0. The quantitative estimate of drug-likeness (QED) is 0.575. The molecule has 1 aliphatic rings. The molecule has 1 heterocycles. The van der Waals surface area contributed by atoms with E-state index in [9.17, 15) is 9.59 Å². The molecular formula is C20H30N2O5. The summed E-state index contributed by atoms with van der Waals surface area (Å²) in [6.45, 7) is 8.86. The summed E-state index contributed by atoms with van der Waals surface area (Å²) < 4.78 is 15.9. The van der Waals surface area contributed by atoms with Crippen molar-refractivity contribution in [2.45, 2.75) is 20.3 Å². The maximum atomic E-state index is 12.6. The number of morpholine rings is 1. The van der Waals surface area contributed by atoms with E-state index in [0.29, 0.717) is 38.7 Å². The second-order valence-electron chi connectivity index (χ2n) is 6.49. The Morgan fingerprint density at radius 2 is 1.85 bits per heavy atom. The van der Waals surface area contributed by atoms with Crippen LogP contribution in [-0.4, -0.2) is 80.8 Å². The van der Waals surface area contributed by atoms with Crippen molar-refractivity contribution in [1.82, 2.24) is 9.80 Å². The Labute approximate surface area is 161 Å². The molecule has 1 fully saturated rings. The molecule has 1 aromatic rings. The van der Waals surface area contributed by atoms with Gasteiger partial charge in [0.05, 0.1) is 26.2 Å². The summed E-state index contributed by atoms with van der Waals surface area (Å²) in [5.74, 6) is 0.238. The molecule has 1 amide bonds. The minimum Gasteiger partial charge on any atom is -0.484 e. The number of hydrogen-bond donors (Lipinski definition) is 0. The van der Waals surface area contributed by atoms with Gasteiger partial charge in [0, 0.05) is 32.7 Å². The van der Waals surface area contributed by atoms with Gasteiger partial charge in [0.15, 0.2) is 6.61 Å². The van der Waals surface area contributed by atoms with Crippen LogP contribution in [0.5, 0.6) is 5.75 Å². The molecule has 27 heavy (non-hydrogen) atoms. The number of esters is 1. The van der Waals surface area contributed by atoms with Crippen molar-refractivity contribution < 1.29 is 23.8 Å². The first-order valence-corrected chi connectivity index (χ1v) is 9.51. The van der Waals surface area contributed by atoms with E-state index in [1.807, 2.05) is 31.2 Å². The first-order valence-electron chi connectivity index (χ1n) is 9.51. The Balaban J connectivity index is 1.86. The van der Waals surface area contributed by atoms with Gasteiger partial charge in [-0.1, -0.05) is 17.7 Å². The van der Waals surface area contributed by atoms with Gasteiger partial charge in [0.1, 0.15) is 5.75 Å². The van der Waals surface area contributed by atoms with Crippen molar-refractivity contribution >= 4 is 11.9 Å². The van der Waals surface area contributed by atoms with E-state index in [0.717, 1.165) is 25.2 Å². The van der Waals surface area contributed by atoms with Gasteiger partial charge < -0.3 is 19.1 Å². The average Bonchev–Trinajstić information content (AvgIpc) is 2.68. The Hall–Kier alpha value is -2.12. The highest BCUT2D eigenvalue weighted by Gasteiger charge is 2.18. The molecule has 2 rings (SSSR count). The maximum Gasteiger partial charge on any atom is 0.307 e. The molecule has 0 unspecified atom stereocenters. The number of carbonyl (C=O) groups is 2. The van der Waals surface area contributed by atoms with E-state index in [4.69, 9.17) is 14.2 Å². The van der Waals surface area contributed by atoms with E-state index in [2.05, 4.69) is 4.90 Å². The minimum absolute atomic E-state index is 0.0466. The molecule has 7 heteroatoms. The summed E-state index contributed by atoms with van der Waals surface area (Å²) in [6, 6.07) is 7.58. The van der Waals surface area contributed by atoms with Crippen molar-refractivity contribution in [3.63, 3.8) is 0 Å². The van der Waals surface area contributed by atoms with Crippen molar-refractivity contribution in [1.29, 1.82) is 0 Å². The number of nitrogens with zero attached hydrogens (tertiary/aromatic N) is 2. The fourth-order valence-corrected chi connectivity index (χ4v) is 2.78. The number of carbonyl (C=O) groups excluding carboxylic acids is 2. The predicted octanol–water partition coefficient (Wildman–Crippen LogP) is 1.49. The van der Waals surface area contributed by atoms with E-state index < -0.39 is 0 Å². The zero-order valence-electron chi connectivity index (χ0n) is 16.3. The van der Waals surface area contributed by atoms with E-state index in [1.54, 1.807) is 11.8 Å². The number of benzene rings is 1. The molecule has 0 N–H and O–H groups in total. The Kier molecular flexibility index (Phi) is 9.07. The molecule has 150 valence electrons. The van der Waals surface area contributed by atoms with Crippen LogP contribution >= 0.6 is 0 Å². The van der Waals surface area contributed by atoms with Crippen molar-refractivity contribution in [3.8, 4) is 5.75 Å². The van der Waals surface area contributed by atoms with Crippen LogP contribution in [0.3, 0.4) is 0 Å². The van der Waals surface area contributed by atoms with Crippen LogP contribution in [0.1, 0.15) is 18.9 Å². The largest absolute Gasteiger partial charge is 0.484 e.